The number of imidazole rings is 1. The van der Waals surface area contributed by atoms with Crippen molar-refractivity contribution in [3.63, 3.8) is 0 Å². The molecule has 2 aliphatic rings. The SMILES string of the molecule is Cn1cnc(S(=O)(=O)N2C[C@H](Nc3cccc(OC(F)(F)F)c3)[C@@H](C3CCCCO3)C2)c1. The van der Waals surface area contributed by atoms with Gasteiger partial charge in [-0.2, -0.15) is 4.31 Å². The van der Waals surface area contributed by atoms with E-state index in [1.54, 1.807) is 17.7 Å². The molecule has 1 aromatic heterocycles. The second kappa shape index (κ2) is 8.91. The lowest BCUT2D eigenvalue weighted by Crippen LogP contribution is -2.39. The zero-order valence-corrected chi connectivity index (χ0v) is 18.3. The van der Waals surface area contributed by atoms with Gasteiger partial charge in [0, 0.05) is 56.7 Å². The highest BCUT2D eigenvalue weighted by atomic mass is 32.2. The molecule has 0 aliphatic carbocycles. The van der Waals surface area contributed by atoms with Gasteiger partial charge in [-0.15, -0.1) is 13.2 Å². The summed E-state index contributed by atoms with van der Waals surface area (Å²) in [4.78, 5) is 3.98. The smallest absolute Gasteiger partial charge is 0.406 e. The largest absolute Gasteiger partial charge is 0.573 e. The third-order valence-electron chi connectivity index (χ3n) is 5.73. The Balaban J connectivity index is 1.56. The first kappa shape index (κ1) is 22.9. The molecule has 2 aliphatic heterocycles. The fraction of sp³-hybridized carbons (Fsp3) is 0.550. The van der Waals surface area contributed by atoms with Crippen molar-refractivity contribution in [2.24, 2.45) is 13.0 Å². The van der Waals surface area contributed by atoms with E-state index in [4.69, 9.17) is 4.74 Å². The summed E-state index contributed by atoms with van der Waals surface area (Å²) in [5.41, 5.74) is 0.412. The molecule has 0 radical (unpaired) electrons. The molecule has 176 valence electrons. The van der Waals surface area contributed by atoms with Crippen LogP contribution in [0.2, 0.25) is 0 Å². The quantitative estimate of drug-likeness (QED) is 0.693. The number of aromatic nitrogens is 2. The standard InChI is InChI=1S/C20H25F3N4O4S/c1-26-12-19(24-13-26)32(28,29)27-10-16(18-7-2-3-8-30-18)17(11-27)25-14-5-4-6-15(9-14)31-20(21,22)23/h4-6,9,12-13,16-18,25H,2-3,7-8,10-11H2,1H3/t16-,17-,18?/m0/s1. The van der Waals surface area contributed by atoms with E-state index in [0.717, 1.165) is 19.3 Å². The van der Waals surface area contributed by atoms with Crippen LogP contribution >= 0.6 is 0 Å². The Kier molecular flexibility index (Phi) is 6.37. The van der Waals surface area contributed by atoms with Gasteiger partial charge in [-0.1, -0.05) is 6.07 Å². The molecule has 0 amide bonds. The van der Waals surface area contributed by atoms with E-state index in [9.17, 15) is 21.6 Å². The minimum Gasteiger partial charge on any atom is -0.406 e. The van der Waals surface area contributed by atoms with Crippen molar-refractivity contribution in [2.45, 2.75) is 42.8 Å². The molecule has 12 heteroatoms. The number of sulfonamides is 1. The maximum Gasteiger partial charge on any atom is 0.573 e. The zero-order chi connectivity index (χ0) is 22.9. The molecular formula is C20H25F3N4O4S. The zero-order valence-electron chi connectivity index (χ0n) is 17.5. The highest BCUT2D eigenvalue weighted by Gasteiger charge is 2.44. The Morgan fingerprint density at radius 3 is 2.72 bits per heavy atom. The Bertz CT molecular complexity index is 1040. The summed E-state index contributed by atoms with van der Waals surface area (Å²) in [5.74, 6) is -0.509. The van der Waals surface area contributed by atoms with Gasteiger partial charge in [-0.25, -0.2) is 13.4 Å². The summed E-state index contributed by atoms with van der Waals surface area (Å²) in [5, 5.41) is 3.18. The third-order valence-corrected chi connectivity index (χ3v) is 7.45. The van der Waals surface area contributed by atoms with Gasteiger partial charge in [0.05, 0.1) is 12.4 Å². The van der Waals surface area contributed by atoms with Crippen molar-refractivity contribution in [3.05, 3.63) is 36.8 Å². The first-order chi connectivity index (χ1) is 15.1. The molecule has 32 heavy (non-hydrogen) atoms. The van der Waals surface area contributed by atoms with Crippen molar-refractivity contribution in [1.29, 1.82) is 0 Å². The fourth-order valence-electron chi connectivity index (χ4n) is 4.27. The molecule has 4 rings (SSSR count). The maximum absolute atomic E-state index is 13.1. The van der Waals surface area contributed by atoms with Gasteiger partial charge >= 0.3 is 6.36 Å². The number of aryl methyl sites for hydroxylation is 1. The van der Waals surface area contributed by atoms with E-state index in [1.165, 1.54) is 35.0 Å². The van der Waals surface area contributed by atoms with Crippen LogP contribution in [0.3, 0.4) is 0 Å². The Morgan fingerprint density at radius 2 is 2.06 bits per heavy atom. The molecule has 2 fully saturated rings. The van der Waals surface area contributed by atoms with Gasteiger partial charge in [0.15, 0.2) is 5.03 Å². The lowest BCUT2D eigenvalue weighted by atomic mass is 9.91. The molecule has 8 nitrogen and oxygen atoms in total. The molecule has 0 bridgehead atoms. The number of hydrogen-bond acceptors (Lipinski definition) is 6. The molecule has 0 saturated carbocycles. The van der Waals surface area contributed by atoms with E-state index in [0.29, 0.717) is 12.3 Å². The van der Waals surface area contributed by atoms with Crippen LogP contribution in [-0.4, -0.2) is 60.5 Å². The summed E-state index contributed by atoms with van der Waals surface area (Å²) < 4.78 is 76.9. The minimum atomic E-state index is -4.79. The Morgan fingerprint density at radius 1 is 1.25 bits per heavy atom. The predicted octanol–water partition coefficient (Wildman–Crippen LogP) is 2.99. The monoisotopic (exact) mass is 474 g/mol. The summed E-state index contributed by atoms with van der Waals surface area (Å²) >= 11 is 0. The van der Waals surface area contributed by atoms with Crippen LogP contribution in [0.4, 0.5) is 18.9 Å². The fourth-order valence-corrected chi connectivity index (χ4v) is 5.74. The van der Waals surface area contributed by atoms with Crippen molar-refractivity contribution >= 4 is 15.7 Å². The number of benzene rings is 1. The second-order valence-electron chi connectivity index (χ2n) is 8.09. The summed E-state index contributed by atoms with van der Waals surface area (Å²) in [6.45, 7) is 0.990. The van der Waals surface area contributed by atoms with Crippen LogP contribution in [0.25, 0.3) is 0 Å². The van der Waals surface area contributed by atoms with Gasteiger partial charge in [-0.3, -0.25) is 0 Å². The van der Waals surface area contributed by atoms with Gasteiger partial charge in [0.25, 0.3) is 10.0 Å². The molecule has 0 spiro atoms. The van der Waals surface area contributed by atoms with Crippen LogP contribution in [0.1, 0.15) is 19.3 Å². The van der Waals surface area contributed by atoms with Gasteiger partial charge in [0.2, 0.25) is 0 Å². The lowest BCUT2D eigenvalue weighted by molar-refractivity contribution is -0.274. The number of alkyl halides is 3. The van der Waals surface area contributed by atoms with Crippen molar-refractivity contribution in [2.75, 3.05) is 25.0 Å². The Hall–Kier alpha value is -2.31. The summed E-state index contributed by atoms with van der Waals surface area (Å²) in [6, 6.07) is 5.19. The number of nitrogens with one attached hydrogen (secondary N) is 1. The Labute approximate surface area is 184 Å². The highest BCUT2D eigenvalue weighted by Crippen LogP contribution is 2.34. The molecule has 2 aromatic rings. The maximum atomic E-state index is 13.1. The minimum absolute atomic E-state index is 0.0375. The average Bonchev–Trinajstić information content (AvgIpc) is 3.35. The molecule has 1 N–H and O–H groups in total. The van der Waals surface area contributed by atoms with Crippen molar-refractivity contribution < 1.29 is 31.1 Å². The highest BCUT2D eigenvalue weighted by molar-refractivity contribution is 7.89. The van der Waals surface area contributed by atoms with E-state index < -0.39 is 16.4 Å². The summed E-state index contributed by atoms with van der Waals surface area (Å²) in [7, 11) is -2.12. The van der Waals surface area contributed by atoms with Crippen molar-refractivity contribution in [1.82, 2.24) is 13.9 Å². The predicted molar refractivity (Wildman–Crippen MR) is 110 cm³/mol. The molecule has 1 aromatic carbocycles. The number of halogens is 3. The topological polar surface area (TPSA) is 85.7 Å². The first-order valence-electron chi connectivity index (χ1n) is 10.3. The average molecular weight is 475 g/mol. The van der Waals surface area contributed by atoms with Gasteiger partial charge < -0.3 is 19.4 Å². The number of hydrogen-bond donors (Lipinski definition) is 1. The molecule has 3 heterocycles. The number of rotatable bonds is 6. The third kappa shape index (κ3) is 5.18. The molecule has 2 saturated heterocycles. The normalized spacial score (nSPS) is 25.1. The number of ether oxygens (including phenoxy) is 2. The van der Waals surface area contributed by atoms with Crippen LogP contribution in [0, 0.1) is 5.92 Å². The molecular weight excluding hydrogens is 449 g/mol. The number of anilines is 1. The van der Waals surface area contributed by atoms with Crippen LogP contribution in [0.5, 0.6) is 5.75 Å². The second-order valence-corrected chi connectivity index (χ2v) is 9.98. The van der Waals surface area contributed by atoms with Gasteiger partial charge in [-0.05, 0) is 31.4 Å². The van der Waals surface area contributed by atoms with E-state index in [1.807, 2.05) is 0 Å². The van der Waals surface area contributed by atoms with E-state index in [2.05, 4.69) is 15.0 Å². The van der Waals surface area contributed by atoms with Crippen molar-refractivity contribution in [3.8, 4) is 5.75 Å². The van der Waals surface area contributed by atoms with E-state index >= 15 is 0 Å². The number of nitrogens with zero attached hydrogens (tertiary/aromatic N) is 3. The molecule has 1 unspecified atom stereocenters. The molecule has 3 atom stereocenters. The first-order valence-corrected chi connectivity index (χ1v) is 11.8. The van der Waals surface area contributed by atoms with Crippen LogP contribution in [0.15, 0.2) is 41.8 Å². The van der Waals surface area contributed by atoms with Crippen LogP contribution in [-0.2, 0) is 21.8 Å². The lowest BCUT2D eigenvalue weighted by Gasteiger charge is -2.31. The van der Waals surface area contributed by atoms with Gasteiger partial charge in [0.1, 0.15) is 5.75 Å². The summed E-state index contributed by atoms with van der Waals surface area (Å²) in [6.07, 6.45) is 0.673. The van der Waals surface area contributed by atoms with E-state index in [-0.39, 0.29) is 41.9 Å². The van der Waals surface area contributed by atoms with Crippen LogP contribution < -0.4 is 10.1 Å².